The Morgan fingerprint density at radius 2 is 1.93 bits per heavy atom. The van der Waals surface area contributed by atoms with Crippen LogP contribution in [0.25, 0.3) is 31.9 Å². The zero-order valence-electron chi connectivity index (χ0n) is 15.4. The summed E-state index contributed by atoms with van der Waals surface area (Å²) in [4.78, 5) is 7.09. The number of thiophene rings is 2. The van der Waals surface area contributed by atoms with Gasteiger partial charge in [-0.05, 0) is 53.2 Å². The highest BCUT2D eigenvalue weighted by Gasteiger charge is 2.23. The Kier molecular flexibility index (Phi) is 5.64. The molecule has 0 N–H and O–H groups in total. The summed E-state index contributed by atoms with van der Waals surface area (Å²) in [5.41, 5.74) is 4.46. The van der Waals surface area contributed by atoms with Crippen molar-refractivity contribution in [2.75, 3.05) is 5.75 Å². The number of fused-ring (bicyclic) bond motifs is 1. The molecule has 0 amide bonds. The lowest BCUT2D eigenvalue weighted by Gasteiger charge is -2.09. The van der Waals surface area contributed by atoms with E-state index < -0.39 is 11.2 Å². The Morgan fingerprint density at radius 3 is 2.63 bits per heavy atom. The van der Waals surface area contributed by atoms with Crippen LogP contribution in [0.2, 0.25) is 0 Å². The standard InChI is InChI=1S/C22H21NOS3/c1-3-4-13-27(24)22-15(2)20-17(16-9-6-5-7-10-16)14-18(23-21(20)26-22)19-11-8-12-25-19/h5-12,14H,3-4,13H2,1-2H3. The molecule has 0 saturated carbocycles. The van der Waals surface area contributed by atoms with Crippen LogP contribution < -0.4 is 0 Å². The van der Waals surface area contributed by atoms with Crippen molar-refractivity contribution < 1.29 is 4.55 Å². The van der Waals surface area contributed by atoms with Gasteiger partial charge >= 0.3 is 0 Å². The first-order chi connectivity index (χ1) is 13.2. The SMILES string of the molecule is CCCC[S+]([O-])c1sc2nc(-c3cccs3)cc(-c3ccccc3)c2c1C. The van der Waals surface area contributed by atoms with E-state index in [1.807, 2.05) is 6.07 Å². The van der Waals surface area contributed by atoms with Crippen LogP contribution in [0.1, 0.15) is 25.3 Å². The Bertz CT molecular complexity index is 1040. The summed E-state index contributed by atoms with van der Waals surface area (Å²) < 4.78 is 13.8. The molecule has 0 aliphatic heterocycles. The fourth-order valence-corrected chi connectivity index (χ4v) is 6.87. The van der Waals surface area contributed by atoms with E-state index >= 15 is 0 Å². The predicted molar refractivity (Wildman–Crippen MR) is 119 cm³/mol. The van der Waals surface area contributed by atoms with Crippen LogP contribution >= 0.6 is 22.7 Å². The first-order valence-corrected chi connectivity index (χ1v) is 12.1. The molecular weight excluding hydrogens is 390 g/mol. The summed E-state index contributed by atoms with van der Waals surface area (Å²) in [5.74, 6) is 0.725. The fraction of sp³-hybridized carbons (Fsp3) is 0.227. The molecule has 1 atom stereocenters. The summed E-state index contributed by atoms with van der Waals surface area (Å²) in [5, 5.41) is 3.22. The maximum atomic E-state index is 12.9. The fourth-order valence-electron chi connectivity index (χ4n) is 3.21. The van der Waals surface area contributed by atoms with Crippen LogP contribution in [0.4, 0.5) is 0 Å². The highest BCUT2D eigenvalue weighted by molar-refractivity contribution is 7.93. The van der Waals surface area contributed by atoms with Gasteiger partial charge in [-0.2, -0.15) is 0 Å². The molecule has 0 fully saturated rings. The molecule has 0 aliphatic rings. The minimum atomic E-state index is -0.954. The number of rotatable bonds is 6. The molecular formula is C22H21NOS3. The van der Waals surface area contributed by atoms with Gasteiger partial charge in [0.15, 0.2) is 0 Å². The molecule has 4 rings (SSSR count). The maximum absolute atomic E-state index is 12.9. The average Bonchev–Trinajstić information content (AvgIpc) is 3.35. The molecule has 27 heavy (non-hydrogen) atoms. The monoisotopic (exact) mass is 411 g/mol. The highest BCUT2D eigenvalue weighted by Crippen LogP contribution is 2.41. The van der Waals surface area contributed by atoms with E-state index in [4.69, 9.17) is 4.98 Å². The summed E-state index contributed by atoms with van der Waals surface area (Å²) in [6.07, 6.45) is 2.05. The second-order valence-electron chi connectivity index (χ2n) is 6.50. The molecule has 5 heteroatoms. The van der Waals surface area contributed by atoms with Crippen LogP contribution in [-0.2, 0) is 11.2 Å². The van der Waals surface area contributed by atoms with Crippen LogP contribution in [-0.4, -0.2) is 15.3 Å². The van der Waals surface area contributed by atoms with E-state index in [-0.39, 0.29) is 0 Å². The van der Waals surface area contributed by atoms with Gasteiger partial charge in [0.1, 0.15) is 10.6 Å². The van der Waals surface area contributed by atoms with Gasteiger partial charge in [-0.15, -0.1) is 11.3 Å². The number of hydrogen-bond donors (Lipinski definition) is 0. The Balaban J connectivity index is 1.93. The zero-order valence-corrected chi connectivity index (χ0v) is 17.8. The molecule has 1 unspecified atom stereocenters. The van der Waals surface area contributed by atoms with E-state index in [1.165, 1.54) is 11.1 Å². The van der Waals surface area contributed by atoms with Crippen LogP contribution in [0.3, 0.4) is 0 Å². The van der Waals surface area contributed by atoms with E-state index in [0.29, 0.717) is 0 Å². The lowest BCUT2D eigenvalue weighted by atomic mass is 10.0. The van der Waals surface area contributed by atoms with Gasteiger partial charge in [-0.25, -0.2) is 4.98 Å². The average molecular weight is 412 g/mol. The Hall–Kier alpha value is -1.66. The van der Waals surface area contributed by atoms with Gasteiger partial charge in [0, 0.05) is 10.9 Å². The van der Waals surface area contributed by atoms with Crippen molar-refractivity contribution in [1.82, 2.24) is 4.98 Å². The molecule has 0 bridgehead atoms. The molecule has 0 radical (unpaired) electrons. The van der Waals surface area contributed by atoms with Gasteiger partial charge in [0.05, 0.1) is 10.6 Å². The third-order valence-corrected chi connectivity index (χ3v) is 8.66. The molecule has 0 saturated heterocycles. The third kappa shape index (κ3) is 3.69. The van der Waals surface area contributed by atoms with Crippen molar-refractivity contribution in [3.63, 3.8) is 0 Å². The van der Waals surface area contributed by atoms with E-state index in [1.54, 1.807) is 22.7 Å². The second kappa shape index (κ2) is 8.15. The number of aromatic nitrogens is 1. The quantitative estimate of drug-likeness (QED) is 0.323. The topological polar surface area (TPSA) is 36.0 Å². The van der Waals surface area contributed by atoms with Crippen molar-refractivity contribution in [3.05, 3.63) is 59.5 Å². The van der Waals surface area contributed by atoms with Gasteiger partial charge in [-0.1, -0.05) is 61.1 Å². The number of nitrogens with zero attached hydrogens (tertiary/aromatic N) is 1. The number of unbranched alkanes of at least 4 members (excludes halogenated alkanes) is 1. The van der Waals surface area contributed by atoms with Crippen molar-refractivity contribution >= 4 is 44.1 Å². The van der Waals surface area contributed by atoms with Crippen LogP contribution in [0.15, 0.2) is 58.1 Å². The number of aryl methyl sites for hydroxylation is 1. The lowest BCUT2D eigenvalue weighted by Crippen LogP contribution is -2.05. The van der Waals surface area contributed by atoms with Gasteiger partial charge in [0.2, 0.25) is 4.21 Å². The van der Waals surface area contributed by atoms with Crippen molar-refractivity contribution in [1.29, 1.82) is 0 Å². The Labute approximate surface area is 171 Å². The van der Waals surface area contributed by atoms with Gasteiger partial charge in [0.25, 0.3) is 0 Å². The summed E-state index contributed by atoms with van der Waals surface area (Å²) >= 11 is 2.34. The third-order valence-electron chi connectivity index (χ3n) is 4.61. The highest BCUT2D eigenvalue weighted by atomic mass is 32.2. The molecule has 1 aromatic carbocycles. The summed E-state index contributed by atoms with van der Waals surface area (Å²) in [7, 11) is 0. The normalized spacial score (nSPS) is 12.6. The van der Waals surface area contributed by atoms with Gasteiger partial charge in [-0.3, -0.25) is 0 Å². The first kappa shape index (κ1) is 18.7. The zero-order chi connectivity index (χ0) is 18.8. The molecule has 138 valence electrons. The molecule has 0 spiro atoms. The van der Waals surface area contributed by atoms with Gasteiger partial charge < -0.3 is 4.55 Å². The predicted octanol–water partition coefficient (Wildman–Crippen LogP) is 6.91. The molecule has 3 aromatic heterocycles. The van der Waals surface area contributed by atoms with Crippen LogP contribution in [0, 0.1) is 6.92 Å². The smallest absolute Gasteiger partial charge is 0.212 e. The van der Waals surface area contributed by atoms with Crippen molar-refractivity contribution in [2.45, 2.75) is 30.9 Å². The van der Waals surface area contributed by atoms with E-state index in [0.717, 1.165) is 49.2 Å². The van der Waals surface area contributed by atoms with Crippen molar-refractivity contribution in [2.24, 2.45) is 0 Å². The summed E-state index contributed by atoms with van der Waals surface area (Å²) in [6, 6.07) is 16.8. The second-order valence-corrected chi connectivity index (χ2v) is 10.2. The molecule has 0 aliphatic carbocycles. The number of pyridine rings is 1. The lowest BCUT2D eigenvalue weighted by molar-refractivity contribution is 0.593. The minimum Gasteiger partial charge on any atom is -0.611 e. The number of hydrogen-bond acceptors (Lipinski definition) is 4. The summed E-state index contributed by atoms with van der Waals surface area (Å²) in [6.45, 7) is 4.23. The minimum absolute atomic E-state index is 0.725. The molecule has 2 nitrogen and oxygen atoms in total. The van der Waals surface area contributed by atoms with E-state index in [9.17, 15) is 4.55 Å². The molecule has 3 heterocycles. The number of benzene rings is 1. The Morgan fingerprint density at radius 1 is 1.11 bits per heavy atom. The van der Waals surface area contributed by atoms with Crippen LogP contribution in [0.5, 0.6) is 0 Å². The maximum Gasteiger partial charge on any atom is 0.212 e. The van der Waals surface area contributed by atoms with Crippen molar-refractivity contribution in [3.8, 4) is 21.7 Å². The first-order valence-electron chi connectivity index (χ1n) is 9.11. The molecule has 4 aromatic rings. The largest absolute Gasteiger partial charge is 0.611 e. The van der Waals surface area contributed by atoms with E-state index in [2.05, 4.69) is 61.7 Å².